The molecule has 5 heteroatoms. The van der Waals surface area contributed by atoms with Gasteiger partial charge in [0.2, 0.25) is 11.6 Å². The van der Waals surface area contributed by atoms with Crippen LogP contribution in [0.1, 0.15) is 29.8 Å². The number of carbonyl (C=O) groups excluding carboxylic acids is 2. The Bertz CT molecular complexity index is 577. The highest BCUT2D eigenvalue weighted by Crippen LogP contribution is 2.25. The molecule has 2 rings (SSSR count). The number of nitrogens with one attached hydrogen (secondary N) is 1. The summed E-state index contributed by atoms with van der Waals surface area (Å²) in [6.45, 7) is 4.43. The smallest absolute Gasteiger partial charge is 0.233 e. The summed E-state index contributed by atoms with van der Waals surface area (Å²) in [4.78, 5) is 23.4. The number of hydrogen-bond acceptors (Lipinski definition) is 5. The van der Waals surface area contributed by atoms with Crippen LogP contribution >= 0.6 is 0 Å². The van der Waals surface area contributed by atoms with E-state index in [0.717, 1.165) is 0 Å². The maximum atomic E-state index is 11.8. The normalized spacial score (nSPS) is 15.7. The van der Waals surface area contributed by atoms with Crippen molar-refractivity contribution in [2.75, 3.05) is 13.2 Å². The summed E-state index contributed by atoms with van der Waals surface area (Å²) in [6.07, 6.45) is 0.501. The van der Waals surface area contributed by atoms with Crippen molar-refractivity contribution in [2.45, 2.75) is 26.0 Å². The average molecular weight is 289 g/mol. The van der Waals surface area contributed by atoms with Gasteiger partial charge in [-0.2, -0.15) is 0 Å². The van der Waals surface area contributed by atoms with Gasteiger partial charge in [-0.3, -0.25) is 9.59 Å². The molecule has 0 bridgehead atoms. The van der Waals surface area contributed by atoms with Crippen molar-refractivity contribution in [3.05, 3.63) is 41.5 Å². The van der Waals surface area contributed by atoms with Crippen molar-refractivity contribution in [1.82, 2.24) is 5.32 Å². The molecule has 112 valence electrons. The molecule has 0 fully saturated rings. The van der Waals surface area contributed by atoms with Crippen LogP contribution in [-0.2, 0) is 9.53 Å². The molecule has 1 aliphatic carbocycles. The molecule has 0 aromatic heterocycles. The fourth-order valence-corrected chi connectivity index (χ4v) is 2.03. The van der Waals surface area contributed by atoms with E-state index >= 15 is 0 Å². The van der Waals surface area contributed by atoms with Crippen LogP contribution in [0.15, 0.2) is 30.3 Å². The van der Waals surface area contributed by atoms with E-state index in [2.05, 4.69) is 5.32 Å². The topological polar surface area (TPSA) is 75.6 Å². The second kappa shape index (κ2) is 6.65. The van der Waals surface area contributed by atoms with Gasteiger partial charge >= 0.3 is 0 Å². The van der Waals surface area contributed by atoms with Gasteiger partial charge in [-0.05, 0) is 0 Å². The minimum Gasteiger partial charge on any atom is -0.490 e. The predicted molar refractivity (Wildman–Crippen MR) is 78.9 cm³/mol. The zero-order chi connectivity index (χ0) is 15.4. The number of aliphatic hydroxyl groups is 1. The van der Waals surface area contributed by atoms with Crippen LogP contribution in [0.2, 0.25) is 0 Å². The van der Waals surface area contributed by atoms with E-state index < -0.39 is 17.7 Å². The monoisotopic (exact) mass is 289 g/mol. The zero-order valence-electron chi connectivity index (χ0n) is 12.1. The lowest BCUT2D eigenvalue weighted by atomic mass is 9.94. The molecule has 0 saturated heterocycles. The maximum absolute atomic E-state index is 11.8. The third-order valence-corrected chi connectivity index (χ3v) is 3.12. The molecule has 1 aliphatic rings. The number of rotatable bonds is 6. The van der Waals surface area contributed by atoms with Crippen LogP contribution in [0.25, 0.3) is 5.76 Å². The highest BCUT2D eigenvalue weighted by Gasteiger charge is 2.26. The van der Waals surface area contributed by atoms with Crippen molar-refractivity contribution in [3.63, 3.8) is 0 Å². The second-order valence-electron chi connectivity index (χ2n) is 5.28. The molecule has 1 aromatic carbocycles. The molecule has 21 heavy (non-hydrogen) atoms. The molecular weight excluding hydrogens is 270 g/mol. The standard InChI is InChI=1S/C16H19NO4/c1-10(2)17-8-11(18)9-21-15-7-14(19)16(20)13-6-4-3-5-12(13)15/h3-7,10-11,17-18H,8-9H2,1-2H3/t11-/m1/s1. The van der Waals surface area contributed by atoms with Crippen LogP contribution in [0.4, 0.5) is 0 Å². The number of Topliss-reactive ketones (excluding diaryl/α,β-unsaturated/α-hetero) is 1. The first kappa shape index (κ1) is 15.4. The van der Waals surface area contributed by atoms with E-state index in [9.17, 15) is 14.7 Å². The Morgan fingerprint density at radius 2 is 1.86 bits per heavy atom. The third-order valence-electron chi connectivity index (χ3n) is 3.12. The highest BCUT2D eigenvalue weighted by molar-refractivity contribution is 6.50. The quantitative estimate of drug-likeness (QED) is 0.769. The Hall–Kier alpha value is -1.98. The molecule has 1 atom stereocenters. The van der Waals surface area contributed by atoms with Gasteiger partial charge in [0.15, 0.2) is 0 Å². The Kier molecular flexibility index (Phi) is 4.88. The first-order valence-corrected chi connectivity index (χ1v) is 6.93. The van der Waals surface area contributed by atoms with Gasteiger partial charge in [-0.1, -0.05) is 38.1 Å². The summed E-state index contributed by atoms with van der Waals surface area (Å²) in [5.41, 5.74) is 0.931. The molecule has 0 heterocycles. The summed E-state index contributed by atoms with van der Waals surface area (Å²) in [5.74, 6) is -0.794. The number of fused-ring (bicyclic) bond motifs is 1. The Morgan fingerprint density at radius 3 is 2.52 bits per heavy atom. The minimum atomic E-state index is -0.687. The lowest BCUT2D eigenvalue weighted by molar-refractivity contribution is -0.111. The van der Waals surface area contributed by atoms with Gasteiger partial charge < -0.3 is 15.2 Å². The molecule has 2 N–H and O–H groups in total. The molecule has 0 spiro atoms. The lowest BCUT2D eigenvalue weighted by Crippen LogP contribution is -2.34. The van der Waals surface area contributed by atoms with Gasteiger partial charge in [0, 0.05) is 29.8 Å². The molecule has 0 aliphatic heterocycles. The van der Waals surface area contributed by atoms with Crippen LogP contribution in [0, 0.1) is 0 Å². The van der Waals surface area contributed by atoms with Crippen molar-refractivity contribution in [3.8, 4) is 0 Å². The SMILES string of the molecule is CC(C)NC[C@@H](O)COC1=CC(=O)C(=O)c2ccccc21. The molecule has 0 amide bonds. The Labute approximate surface area is 123 Å². The van der Waals surface area contributed by atoms with E-state index in [4.69, 9.17) is 4.74 Å². The molecule has 1 aromatic rings. The number of hydrogen-bond donors (Lipinski definition) is 2. The van der Waals surface area contributed by atoms with Crippen LogP contribution < -0.4 is 5.32 Å². The fourth-order valence-electron chi connectivity index (χ4n) is 2.03. The van der Waals surface area contributed by atoms with Gasteiger partial charge in [0.05, 0.1) is 0 Å². The van der Waals surface area contributed by atoms with E-state index in [0.29, 0.717) is 23.4 Å². The molecule has 5 nitrogen and oxygen atoms in total. The van der Waals surface area contributed by atoms with Crippen molar-refractivity contribution >= 4 is 17.3 Å². The number of ketones is 2. The number of ether oxygens (including phenoxy) is 1. The Balaban J connectivity index is 2.05. The maximum Gasteiger partial charge on any atom is 0.233 e. The number of allylic oxidation sites excluding steroid dienone is 1. The van der Waals surface area contributed by atoms with Crippen molar-refractivity contribution < 1.29 is 19.4 Å². The fraction of sp³-hybridized carbons (Fsp3) is 0.375. The third kappa shape index (κ3) is 3.77. The second-order valence-corrected chi connectivity index (χ2v) is 5.28. The molecule has 0 radical (unpaired) electrons. The van der Waals surface area contributed by atoms with Crippen LogP contribution in [-0.4, -0.2) is 42.0 Å². The molecular formula is C16H19NO4. The summed E-state index contributed by atoms with van der Waals surface area (Å²) >= 11 is 0. The predicted octanol–water partition coefficient (Wildman–Crippen LogP) is 1.17. The summed E-state index contributed by atoms with van der Waals surface area (Å²) < 4.78 is 5.52. The van der Waals surface area contributed by atoms with Gasteiger partial charge in [0.1, 0.15) is 18.5 Å². The van der Waals surface area contributed by atoms with Gasteiger partial charge in [-0.15, -0.1) is 0 Å². The van der Waals surface area contributed by atoms with E-state index in [1.54, 1.807) is 24.3 Å². The zero-order valence-corrected chi connectivity index (χ0v) is 12.1. The first-order chi connectivity index (χ1) is 9.99. The highest BCUT2D eigenvalue weighted by atomic mass is 16.5. The average Bonchev–Trinajstić information content (AvgIpc) is 2.47. The van der Waals surface area contributed by atoms with Gasteiger partial charge in [0.25, 0.3) is 0 Å². The summed E-state index contributed by atoms with van der Waals surface area (Å²) in [5, 5.41) is 12.9. The van der Waals surface area contributed by atoms with Crippen molar-refractivity contribution in [2.24, 2.45) is 0 Å². The number of carbonyl (C=O) groups is 2. The first-order valence-electron chi connectivity index (χ1n) is 6.93. The van der Waals surface area contributed by atoms with Crippen LogP contribution in [0.5, 0.6) is 0 Å². The van der Waals surface area contributed by atoms with E-state index in [1.807, 2.05) is 13.8 Å². The summed E-state index contributed by atoms with van der Waals surface area (Å²) in [7, 11) is 0. The van der Waals surface area contributed by atoms with E-state index in [1.165, 1.54) is 6.08 Å². The largest absolute Gasteiger partial charge is 0.490 e. The summed E-state index contributed by atoms with van der Waals surface area (Å²) in [6, 6.07) is 7.07. The molecule has 0 unspecified atom stereocenters. The lowest BCUT2D eigenvalue weighted by Gasteiger charge is -2.19. The number of benzene rings is 1. The van der Waals surface area contributed by atoms with E-state index in [-0.39, 0.29) is 12.6 Å². The van der Waals surface area contributed by atoms with Gasteiger partial charge in [-0.25, -0.2) is 0 Å². The Morgan fingerprint density at radius 1 is 1.19 bits per heavy atom. The number of aliphatic hydroxyl groups excluding tert-OH is 1. The minimum absolute atomic E-state index is 0.0569. The molecule has 0 saturated carbocycles. The van der Waals surface area contributed by atoms with Crippen LogP contribution in [0.3, 0.4) is 0 Å². The van der Waals surface area contributed by atoms with Crippen molar-refractivity contribution in [1.29, 1.82) is 0 Å².